The van der Waals surface area contributed by atoms with Crippen molar-refractivity contribution >= 4 is 33.3 Å². The van der Waals surface area contributed by atoms with Crippen LogP contribution in [-0.4, -0.2) is 21.3 Å². The second-order valence-corrected chi connectivity index (χ2v) is 5.50. The summed E-state index contributed by atoms with van der Waals surface area (Å²) < 4.78 is 26.0. The molecule has 0 amide bonds. The maximum absolute atomic E-state index is 10.7. The summed E-state index contributed by atoms with van der Waals surface area (Å²) in [7, 11) is -3.38. The van der Waals surface area contributed by atoms with Crippen molar-refractivity contribution in [2.45, 2.75) is 6.42 Å². The molecule has 0 bridgehead atoms. The van der Waals surface area contributed by atoms with E-state index in [1.807, 2.05) is 0 Å². The average molecular weight is 269 g/mol. The average Bonchev–Trinajstić information content (AvgIpc) is 2.07. The van der Waals surface area contributed by atoms with E-state index in [9.17, 15) is 8.42 Å². The van der Waals surface area contributed by atoms with E-state index in [0.29, 0.717) is 16.5 Å². The lowest BCUT2D eigenvalue weighted by Crippen LogP contribution is -2.06. The van der Waals surface area contributed by atoms with Gasteiger partial charge in [-0.25, -0.2) is 0 Å². The first-order valence-electron chi connectivity index (χ1n) is 4.17. The van der Waals surface area contributed by atoms with Crippen LogP contribution in [0.15, 0.2) is 18.2 Å². The molecule has 1 rings (SSSR count). The highest BCUT2D eigenvalue weighted by Gasteiger charge is 2.04. The van der Waals surface area contributed by atoms with Crippen LogP contribution in [-0.2, 0) is 20.7 Å². The molecule has 0 saturated heterocycles. The van der Waals surface area contributed by atoms with Gasteiger partial charge in [0.1, 0.15) is 0 Å². The Balaban J connectivity index is 2.59. The summed E-state index contributed by atoms with van der Waals surface area (Å²) in [5.41, 5.74) is 0.810. The van der Waals surface area contributed by atoms with Gasteiger partial charge in [0.15, 0.2) is 0 Å². The molecule has 0 aliphatic rings. The fourth-order valence-corrected chi connectivity index (χ4v) is 1.92. The second kappa shape index (κ2) is 5.16. The molecule has 0 unspecified atom stereocenters. The molecule has 1 aromatic rings. The molecule has 84 valence electrons. The van der Waals surface area contributed by atoms with E-state index in [0.717, 1.165) is 11.8 Å². The summed E-state index contributed by atoms with van der Waals surface area (Å²) >= 11 is 11.6. The van der Waals surface area contributed by atoms with Gasteiger partial charge in [0, 0.05) is 10.0 Å². The summed E-state index contributed by atoms with van der Waals surface area (Å²) in [4.78, 5) is 0. The standard InChI is InChI=1S/C9H10Cl2O3S/c1-15(12,13)14-5-4-7-2-3-8(10)6-9(7)11/h2-3,6H,4-5H2,1H3. The monoisotopic (exact) mass is 268 g/mol. The summed E-state index contributed by atoms with van der Waals surface area (Å²) in [5.74, 6) is 0. The lowest BCUT2D eigenvalue weighted by Gasteiger charge is -2.04. The van der Waals surface area contributed by atoms with Gasteiger partial charge in [0.25, 0.3) is 10.1 Å². The molecule has 0 aliphatic carbocycles. The molecule has 0 aromatic heterocycles. The van der Waals surface area contributed by atoms with Gasteiger partial charge in [-0.05, 0) is 24.1 Å². The van der Waals surface area contributed by atoms with Crippen LogP contribution >= 0.6 is 23.2 Å². The number of halogens is 2. The van der Waals surface area contributed by atoms with Crippen molar-refractivity contribution in [1.82, 2.24) is 0 Å². The van der Waals surface area contributed by atoms with Crippen molar-refractivity contribution in [1.29, 1.82) is 0 Å². The molecule has 0 atom stereocenters. The van der Waals surface area contributed by atoms with Crippen molar-refractivity contribution in [2.24, 2.45) is 0 Å². The third kappa shape index (κ3) is 4.84. The minimum absolute atomic E-state index is 0.0835. The topological polar surface area (TPSA) is 43.4 Å². The Morgan fingerprint density at radius 1 is 1.33 bits per heavy atom. The number of hydrogen-bond donors (Lipinski definition) is 0. The molecule has 1 aromatic carbocycles. The molecule has 0 radical (unpaired) electrons. The van der Waals surface area contributed by atoms with Crippen LogP contribution < -0.4 is 0 Å². The van der Waals surface area contributed by atoms with E-state index in [1.165, 1.54) is 0 Å². The maximum Gasteiger partial charge on any atom is 0.264 e. The Kier molecular flexibility index (Phi) is 4.40. The number of hydrogen-bond acceptors (Lipinski definition) is 3. The van der Waals surface area contributed by atoms with Crippen molar-refractivity contribution in [2.75, 3.05) is 12.9 Å². The quantitative estimate of drug-likeness (QED) is 0.789. The van der Waals surface area contributed by atoms with Gasteiger partial charge in [0.05, 0.1) is 12.9 Å². The number of rotatable bonds is 4. The van der Waals surface area contributed by atoms with Crippen LogP contribution in [0, 0.1) is 0 Å². The van der Waals surface area contributed by atoms with Gasteiger partial charge in [-0.15, -0.1) is 0 Å². The molecule has 3 nitrogen and oxygen atoms in total. The minimum Gasteiger partial charge on any atom is -0.270 e. The molecule has 0 aliphatic heterocycles. The zero-order chi connectivity index (χ0) is 11.5. The Morgan fingerprint density at radius 2 is 2.00 bits per heavy atom. The smallest absolute Gasteiger partial charge is 0.264 e. The van der Waals surface area contributed by atoms with Gasteiger partial charge in [-0.2, -0.15) is 8.42 Å². The summed E-state index contributed by atoms with van der Waals surface area (Å²) in [5, 5.41) is 1.06. The van der Waals surface area contributed by atoms with Crippen LogP contribution in [0.4, 0.5) is 0 Å². The zero-order valence-corrected chi connectivity index (χ0v) is 10.4. The zero-order valence-electron chi connectivity index (χ0n) is 8.04. The second-order valence-electron chi connectivity index (χ2n) is 3.01. The molecule has 15 heavy (non-hydrogen) atoms. The van der Waals surface area contributed by atoms with Gasteiger partial charge < -0.3 is 0 Å². The highest BCUT2D eigenvalue weighted by Crippen LogP contribution is 2.21. The van der Waals surface area contributed by atoms with Gasteiger partial charge in [-0.3, -0.25) is 4.18 Å². The Hall–Kier alpha value is -0.290. The molecule has 6 heteroatoms. The van der Waals surface area contributed by atoms with Crippen LogP contribution in [0.25, 0.3) is 0 Å². The van der Waals surface area contributed by atoms with E-state index < -0.39 is 10.1 Å². The normalized spacial score (nSPS) is 11.7. The molecule has 0 saturated carbocycles. The largest absolute Gasteiger partial charge is 0.270 e. The highest BCUT2D eigenvalue weighted by atomic mass is 35.5. The fourth-order valence-electron chi connectivity index (χ4n) is 1.03. The Morgan fingerprint density at radius 3 is 2.53 bits per heavy atom. The molecular weight excluding hydrogens is 259 g/mol. The van der Waals surface area contributed by atoms with Crippen molar-refractivity contribution in [3.05, 3.63) is 33.8 Å². The molecule has 0 fully saturated rings. The predicted octanol–water partition coefficient (Wildman–Crippen LogP) is 2.51. The summed E-state index contributed by atoms with van der Waals surface area (Å²) in [6.07, 6.45) is 1.44. The van der Waals surface area contributed by atoms with Gasteiger partial charge >= 0.3 is 0 Å². The fraction of sp³-hybridized carbons (Fsp3) is 0.333. The third-order valence-corrected chi connectivity index (χ3v) is 2.87. The molecule has 0 spiro atoms. The summed E-state index contributed by atoms with van der Waals surface area (Å²) in [6, 6.07) is 5.05. The highest BCUT2D eigenvalue weighted by molar-refractivity contribution is 7.85. The van der Waals surface area contributed by atoms with E-state index in [1.54, 1.807) is 18.2 Å². The molecule has 0 N–H and O–H groups in total. The number of benzene rings is 1. The first-order valence-corrected chi connectivity index (χ1v) is 6.74. The van der Waals surface area contributed by atoms with Crippen LogP contribution in [0.2, 0.25) is 10.0 Å². The first-order chi connectivity index (χ1) is 6.88. The van der Waals surface area contributed by atoms with E-state index in [4.69, 9.17) is 23.2 Å². The Labute approximate surface area is 99.1 Å². The maximum atomic E-state index is 10.7. The van der Waals surface area contributed by atoms with Crippen molar-refractivity contribution < 1.29 is 12.6 Å². The lowest BCUT2D eigenvalue weighted by molar-refractivity contribution is 0.326. The lowest BCUT2D eigenvalue weighted by atomic mass is 10.2. The van der Waals surface area contributed by atoms with Crippen molar-refractivity contribution in [3.8, 4) is 0 Å². The van der Waals surface area contributed by atoms with Crippen LogP contribution in [0.1, 0.15) is 5.56 Å². The third-order valence-electron chi connectivity index (χ3n) is 1.68. The SMILES string of the molecule is CS(=O)(=O)OCCc1ccc(Cl)cc1Cl. The van der Waals surface area contributed by atoms with E-state index >= 15 is 0 Å². The van der Waals surface area contributed by atoms with Crippen LogP contribution in [0.3, 0.4) is 0 Å². The molecular formula is C9H10Cl2O3S. The van der Waals surface area contributed by atoms with Crippen LogP contribution in [0.5, 0.6) is 0 Å². The minimum atomic E-state index is -3.38. The Bertz CT molecular complexity index is 443. The molecule has 0 heterocycles. The first kappa shape index (κ1) is 12.8. The van der Waals surface area contributed by atoms with Crippen molar-refractivity contribution in [3.63, 3.8) is 0 Å². The van der Waals surface area contributed by atoms with E-state index in [2.05, 4.69) is 4.18 Å². The van der Waals surface area contributed by atoms with E-state index in [-0.39, 0.29) is 6.61 Å². The summed E-state index contributed by atoms with van der Waals surface area (Å²) in [6.45, 7) is 0.0835. The van der Waals surface area contributed by atoms with Gasteiger partial charge in [0.2, 0.25) is 0 Å². The van der Waals surface area contributed by atoms with Gasteiger partial charge in [-0.1, -0.05) is 29.3 Å². The predicted molar refractivity (Wildman–Crippen MR) is 61.0 cm³/mol.